The summed E-state index contributed by atoms with van der Waals surface area (Å²) < 4.78 is 0.634. The predicted molar refractivity (Wildman–Crippen MR) is 120 cm³/mol. The van der Waals surface area contributed by atoms with Gasteiger partial charge in [-0.15, -0.1) is 22.0 Å². The molecule has 15 heteroatoms. The molecule has 4 N–H and O–H groups in total. The summed E-state index contributed by atoms with van der Waals surface area (Å²) in [5.41, 5.74) is 0.587. The Morgan fingerprint density at radius 2 is 2.10 bits per heavy atom. The lowest BCUT2D eigenvalue weighted by Gasteiger charge is -2.49. The first-order valence-corrected chi connectivity index (χ1v) is 13.2. The number of fused-ring (bicyclic) bond motifs is 1. The molecule has 0 aromatic carbocycles. The number of carbonyl (C=O) groups is 4. The lowest BCUT2D eigenvalue weighted by Crippen LogP contribution is -2.70. The van der Waals surface area contributed by atoms with Crippen molar-refractivity contribution in [3.63, 3.8) is 0 Å². The Balaban J connectivity index is 1.64. The van der Waals surface area contributed by atoms with Gasteiger partial charge in [0, 0.05) is 18.6 Å². The molecule has 0 aliphatic carbocycles. The molecule has 4 amide bonds. The summed E-state index contributed by atoms with van der Waals surface area (Å²) in [6, 6.07) is -1.02. The van der Waals surface area contributed by atoms with Gasteiger partial charge in [0.05, 0.1) is 12.3 Å². The van der Waals surface area contributed by atoms with Gasteiger partial charge in [-0.1, -0.05) is 23.1 Å². The van der Waals surface area contributed by atoms with Crippen molar-refractivity contribution < 1.29 is 24.3 Å². The van der Waals surface area contributed by atoms with Crippen LogP contribution >= 0.6 is 46.6 Å². The van der Waals surface area contributed by atoms with Crippen LogP contribution in [0.3, 0.4) is 0 Å². The molecule has 2 aliphatic heterocycles. The van der Waals surface area contributed by atoms with E-state index in [4.69, 9.17) is 0 Å². The van der Waals surface area contributed by atoms with Crippen molar-refractivity contribution in [2.45, 2.75) is 22.3 Å². The number of carboxylic acids is 1. The highest BCUT2D eigenvalue weighted by Gasteiger charge is 2.54. The van der Waals surface area contributed by atoms with E-state index in [1.54, 1.807) is 6.26 Å². The van der Waals surface area contributed by atoms with Crippen molar-refractivity contribution in [1.82, 2.24) is 31.0 Å². The summed E-state index contributed by atoms with van der Waals surface area (Å²) in [5, 5.41) is 25.7. The van der Waals surface area contributed by atoms with Gasteiger partial charge in [-0.05, 0) is 11.8 Å². The quantitative estimate of drug-likeness (QED) is 0.270. The number of carboxylic acid groups (broad SMARTS) is 1. The molecular formula is C16H20N6O5S4. The Morgan fingerprint density at radius 1 is 1.32 bits per heavy atom. The minimum Gasteiger partial charge on any atom is -0.477 e. The molecule has 2 aliphatic rings. The van der Waals surface area contributed by atoms with E-state index in [1.165, 1.54) is 58.6 Å². The van der Waals surface area contributed by atoms with Gasteiger partial charge in [-0.25, -0.2) is 9.59 Å². The SMILES string of the molecule is CNC(=O)NCc1nnc(SCC2=C(C(=O)O)N3C(=O)C(NC(=O)CSC)[C@@H]3SC2)s1. The largest absolute Gasteiger partial charge is 0.477 e. The number of amides is 4. The molecule has 3 rings (SSSR count). The van der Waals surface area contributed by atoms with Crippen LogP contribution in [0.25, 0.3) is 0 Å². The molecule has 1 unspecified atom stereocenters. The minimum atomic E-state index is -1.17. The third-order valence-corrected chi connectivity index (χ3v) is 8.32. The zero-order valence-corrected chi connectivity index (χ0v) is 19.8. The van der Waals surface area contributed by atoms with Gasteiger partial charge < -0.3 is 21.1 Å². The van der Waals surface area contributed by atoms with Crippen LogP contribution in [0.4, 0.5) is 4.79 Å². The van der Waals surface area contributed by atoms with Crippen LogP contribution in [0.15, 0.2) is 15.6 Å². The van der Waals surface area contributed by atoms with Gasteiger partial charge in [0.2, 0.25) is 5.91 Å². The Bertz CT molecular complexity index is 922. The van der Waals surface area contributed by atoms with Crippen molar-refractivity contribution >= 4 is 70.4 Å². The van der Waals surface area contributed by atoms with Crippen molar-refractivity contribution in [1.29, 1.82) is 0 Å². The first kappa shape index (κ1) is 23.7. The first-order chi connectivity index (χ1) is 14.8. The zero-order chi connectivity index (χ0) is 22.5. The predicted octanol–water partition coefficient (Wildman–Crippen LogP) is 0.161. The molecule has 1 fully saturated rings. The fourth-order valence-corrected chi connectivity index (χ4v) is 6.57. The molecule has 1 saturated heterocycles. The number of hydrogen-bond donors (Lipinski definition) is 4. The van der Waals surface area contributed by atoms with Crippen LogP contribution in [-0.2, 0) is 20.9 Å². The maximum Gasteiger partial charge on any atom is 0.352 e. The van der Waals surface area contributed by atoms with Crippen LogP contribution in [0, 0.1) is 0 Å². The number of hydrogen-bond acceptors (Lipinski definition) is 10. The fourth-order valence-electron chi connectivity index (χ4n) is 2.90. The van der Waals surface area contributed by atoms with Crippen LogP contribution in [-0.4, -0.2) is 86.0 Å². The van der Waals surface area contributed by atoms with E-state index in [1.807, 2.05) is 0 Å². The maximum absolute atomic E-state index is 12.6. The normalized spacial score (nSPS) is 20.1. The molecule has 1 aromatic rings. The molecule has 0 saturated carbocycles. The Kier molecular flexibility index (Phi) is 8.07. The van der Waals surface area contributed by atoms with E-state index in [0.717, 1.165) is 0 Å². The average molecular weight is 505 g/mol. The summed E-state index contributed by atoms with van der Waals surface area (Å²) in [6.07, 6.45) is 1.79. The topological polar surface area (TPSA) is 154 Å². The summed E-state index contributed by atoms with van der Waals surface area (Å²) in [4.78, 5) is 48.8. The third kappa shape index (κ3) is 5.45. The van der Waals surface area contributed by atoms with Crippen molar-refractivity contribution in [2.24, 2.45) is 0 Å². The van der Waals surface area contributed by atoms with E-state index < -0.39 is 23.3 Å². The number of rotatable bonds is 9. The van der Waals surface area contributed by atoms with E-state index in [-0.39, 0.29) is 29.9 Å². The molecule has 3 heterocycles. The highest BCUT2D eigenvalue weighted by atomic mass is 32.2. The average Bonchev–Trinajstić information content (AvgIpc) is 3.21. The third-order valence-electron chi connectivity index (χ3n) is 4.29. The molecule has 0 bridgehead atoms. The van der Waals surface area contributed by atoms with Crippen molar-refractivity contribution in [3.8, 4) is 0 Å². The van der Waals surface area contributed by atoms with Crippen molar-refractivity contribution in [3.05, 3.63) is 16.3 Å². The maximum atomic E-state index is 12.6. The molecule has 1 aromatic heterocycles. The first-order valence-electron chi connectivity index (χ1n) is 8.94. The molecule has 0 radical (unpaired) electrons. The summed E-state index contributed by atoms with van der Waals surface area (Å²) in [6.45, 7) is 0.241. The number of thioether (sulfide) groups is 3. The number of nitrogens with one attached hydrogen (secondary N) is 3. The second kappa shape index (κ2) is 10.6. The Morgan fingerprint density at radius 3 is 2.77 bits per heavy atom. The van der Waals surface area contributed by atoms with Crippen LogP contribution in [0.2, 0.25) is 0 Å². The second-order valence-electron chi connectivity index (χ2n) is 6.33. The van der Waals surface area contributed by atoms with Gasteiger partial charge in [0.1, 0.15) is 22.1 Å². The van der Waals surface area contributed by atoms with Crippen molar-refractivity contribution in [2.75, 3.05) is 30.6 Å². The van der Waals surface area contributed by atoms with Gasteiger partial charge in [-0.2, -0.15) is 11.8 Å². The molecule has 31 heavy (non-hydrogen) atoms. The van der Waals surface area contributed by atoms with Gasteiger partial charge in [-0.3, -0.25) is 14.5 Å². The number of β-lactam (4-membered cyclic amide) rings is 1. The van der Waals surface area contributed by atoms with E-state index in [9.17, 15) is 24.3 Å². The Labute approximate surface area is 194 Å². The van der Waals surface area contributed by atoms with Gasteiger partial charge >= 0.3 is 12.0 Å². The second-order valence-corrected chi connectivity index (χ2v) is 10.6. The number of urea groups is 1. The monoisotopic (exact) mass is 504 g/mol. The van der Waals surface area contributed by atoms with Gasteiger partial charge in [0.25, 0.3) is 5.91 Å². The molecule has 168 valence electrons. The lowest BCUT2D eigenvalue weighted by molar-refractivity contribution is -0.150. The number of carbonyl (C=O) groups excluding carboxylic acids is 3. The summed E-state index contributed by atoms with van der Waals surface area (Å²) in [5.74, 6) is -0.812. The minimum absolute atomic E-state index is 0.0253. The fraction of sp³-hybridized carbons (Fsp3) is 0.500. The standard InChI is InChI=1S/C16H20N6O5S4/c1-17-15(27)18-3-9-20-21-16(31-9)30-5-7-4-29-13-10(19-8(23)6-28-2)12(24)22(13)11(7)14(25)26/h10,13H,3-6H2,1-2H3,(H,19,23)(H,25,26)(H2,17,18,27)/t10?,13-/m0/s1. The number of aromatic nitrogens is 2. The molecule has 0 spiro atoms. The highest BCUT2D eigenvalue weighted by Crippen LogP contribution is 2.41. The molecule has 2 atom stereocenters. The van der Waals surface area contributed by atoms with Crippen LogP contribution in [0.1, 0.15) is 5.01 Å². The number of nitrogens with zero attached hydrogens (tertiary/aromatic N) is 3. The number of aliphatic carboxylic acids is 1. The van der Waals surface area contributed by atoms with Gasteiger partial charge in [0.15, 0.2) is 4.34 Å². The van der Waals surface area contributed by atoms with Crippen LogP contribution < -0.4 is 16.0 Å². The van der Waals surface area contributed by atoms with E-state index >= 15 is 0 Å². The molecular weight excluding hydrogens is 484 g/mol. The smallest absolute Gasteiger partial charge is 0.352 e. The highest BCUT2D eigenvalue weighted by molar-refractivity contribution is 8.01. The zero-order valence-electron chi connectivity index (χ0n) is 16.5. The van der Waals surface area contributed by atoms with Crippen LogP contribution in [0.5, 0.6) is 0 Å². The van der Waals surface area contributed by atoms with E-state index in [0.29, 0.717) is 26.4 Å². The summed E-state index contributed by atoms with van der Waals surface area (Å²) >= 11 is 5.41. The van der Waals surface area contributed by atoms with E-state index in [2.05, 4.69) is 26.1 Å². The lowest BCUT2D eigenvalue weighted by atomic mass is 10.0. The summed E-state index contributed by atoms with van der Waals surface area (Å²) in [7, 11) is 1.51. The molecule has 11 nitrogen and oxygen atoms in total. The Hall–Kier alpha value is -1.97.